The van der Waals surface area contributed by atoms with Gasteiger partial charge in [-0.2, -0.15) is 0 Å². The third-order valence-corrected chi connectivity index (χ3v) is 4.26. The molecule has 1 N–H and O–H groups in total. The van der Waals surface area contributed by atoms with Crippen LogP contribution in [0.4, 0.5) is 14.5 Å². The molecule has 2 atom stereocenters. The molecule has 0 saturated carbocycles. The Labute approximate surface area is 137 Å². The monoisotopic (exact) mass is 334 g/mol. The topological polar surface area (TPSA) is 66.6 Å². The quantitative estimate of drug-likeness (QED) is 0.689. The average molecular weight is 334 g/mol. The van der Waals surface area contributed by atoms with Crippen LogP contribution < -0.4 is 0 Å². The highest BCUT2D eigenvalue weighted by Gasteiger charge is 2.34. The molecule has 2 unspecified atom stereocenters. The first-order valence-electron chi connectivity index (χ1n) is 7.55. The Kier molecular flexibility index (Phi) is 4.55. The molecule has 1 aliphatic rings. The van der Waals surface area contributed by atoms with E-state index in [0.29, 0.717) is 5.56 Å². The molecule has 0 amide bonds. The van der Waals surface area contributed by atoms with Gasteiger partial charge < -0.3 is 5.11 Å². The molecule has 7 heteroatoms. The largest absolute Gasteiger partial charge is 0.392 e. The van der Waals surface area contributed by atoms with Crippen LogP contribution >= 0.6 is 0 Å². The van der Waals surface area contributed by atoms with Gasteiger partial charge in [-0.3, -0.25) is 15.0 Å². The van der Waals surface area contributed by atoms with Gasteiger partial charge in [0.05, 0.1) is 11.0 Å². The zero-order chi connectivity index (χ0) is 17.3. The van der Waals surface area contributed by atoms with E-state index in [1.165, 1.54) is 6.07 Å². The van der Waals surface area contributed by atoms with Crippen molar-refractivity contribution in [3.05, 3.63) is 75.3 Å². The third-order valence-electron chi connectivity index (χ3n) is 4.26. The molecule has 1 heterocycles. The number of likely N-dealkylation sites (tertiary alicyclic amines) is 1. The number of hydrogen-bond acceptors (Lipinski definition) is 4. The Morgan fingerprint density at radius 3 is 2.75 bits per heavy atom. The molecule has 1 saturated heterocycles. The maximum Gasteiger partial charge on any atom is 0.273 e. The molecule has 126 valence electrons. The van der Waals surface area contributed by atoms with Gasteiger partial charge in [-0.1, -0.05) is 18.2 Å². The standard InChI is InChI=1S/C17H16F2N2O3/c18-12-5-6-15(19)14(7-12)17-8-13(22)10-20(17)9-11-3-1-2-4-16(11)21(23)24/h1-7,13,17,22H,8-10H2. The maximum absolute atomic E-state index is 14.1. The molecule has 3 rings (SSSR count). The van der Waals surface area contributed by atoms with Crippen molar-refractivity contribution >= 4 is 5.69 Å². The van der Waals surface area contributed by atoms with Crippen molar-refractivity contribution in [1.29, 1.82) is 0 Å². The van der Waals surface area contributed by atoms with E-state index in [2.05, 4.69) is 0 Å². The van der Waals surface area contributed by atoms with Gasteiger partial charge in [-0.25, -0.2) is 8.78 Å². The minimum Gasteiger partial charge on any atom is -0.392 e. The van der Waals surface area contributed by atoms with Gasteiger partial charge in [-0.05, 0) is 24.6 Å². The van der Waals surface area contributed by atoms with Crippen molar-refractivity contribution in [2.75, 3.05) is 6.54 Å². The van der Waals surface area contributed by atoms with Gasteiger partial charge >= 0.3 is 0 Å². The highest BCUT2D eigenvalue weighted by molar-refractivity contribution is 5.40. The number of halogens is 2. The fourth-order valence-corrected chi connectivity index (χ4v) is 3.19. The summed E-state index contributed by atoms with van der Waals surface area (Å²) in [4.78, 5) is 12.4. The van der Waals surface area contributed by atoms with Crippen molar-refractivity contribution in [2.45, 2.75) is 25.1 Å². The van der Waals surface area contributed by atoms with E-state index in [4.69, 9.17) is 0 Å². The van der Waals surface area contributed by atoms with E-state index >= 15 is 0 Å². The number of rotatable bonds is 4. The fourth-order valence-electron chi connectivity index (χ4n) is 3.19. The van der Waals surface area contributed by atoms with Gasteiger partial charge in [0.25, 0.3) is 5.69 Å². The molecular weight excluding hydrogens is 318 g/mol. The van der Waals surface area contributed by atoms with Crippen LogP contribution in [0.2, 0.25) is 0 Å². The number of nitro benzene ring substituents is 1. The predicted octanol–water partition coefficient (Wildman–Crippen LogP) is 3.18. The summed E-state index contributed by atoms with van der Waals surface area (Å²) in [7, 11) is 0. The number of nitrogens with zero attached hydrogens (tertiary/aromatic N) is 2. The average Bonchev–Trinajstić information content (AvgIpc) is 2.90. The van der Waals surface area contributed by atoms with E-state index in [1.807, 2.05) is 0 Å². The summed E-state index contributed by atoms with van der Waals surface area (Å²) in [6.45, 7) is 0.418. The van der Waals surface area contributed by atoms with E-state index in [1.54, 1.807) is 23.1 Å². The number of nitro groups is 1. The Balaban J connectivity index is 1.92. The summed E-state index contributed by atoms with van der Waals surface area (Å²) < 4.78 is 27.6. The van der Waals surface area contributed by atoms with Crippen LogP contribution in [-0.4, -0.2) is 27.6 Å². The van der Waals surface area contributed by atoms with Gasteiger partial charge in [0.15, 0.2) is 0 Å². The molecule has 2 aromatic carbocycles. The highest BCUT2D eigenvalue weighted by Crippen LogP contribution is 2.36. The van der Waals surface area contributed by atoms with Crippen molar-refractivity contribution in [3.8, 4) is 0 Å². The van der Waals surface area contributed by atoms with Crippen molar-refractivity contribution in [3.63, 3.8) is 0 Å². The van der Waals surface area contributed by atoms with Crippen LogP contribution in [-0.2, 0) is 6.54 Å². The zero-order valence-corrected chi connectivity index (χ0v) is 12.7. The molecule has 5 nitrogen and oxygen atoms in total. The molecule has 0 spiro atoms. The number of aliphatic hydroxyl groups is 1. The van der Waals surface area contributed by atoms with Crippen molar-refractivity contribution < 1.29 is 18.8 Å². The first-order valence-corrected chi connectivity index (χ1v) is 7.55. The lowest BCUT2D eigenvalue weighted by Gasteiger charge is -2.24. The van der Waals surface area contributed by atoms with Crippen molar-refractivity contribution in [2.24, 2.45) is 0 Å². The lowest BCUT2D eigenvalue weighted by atomic mass is 10.0. The predicted molar refractivity (Wildman–Crippen MR) is 83.2 cm³/mol. The van der Waals surface area contributed by atoms with E-state index < -0.39 is 28.7 Å². The van der Waals surface area contributed by atoms with Gasteiger partial charge in [0.2, 0.25) is 0 Å². The maximum atomic E-state index is 14.1. The summed E-state index contributed by atoms with van der Waals surface area (Å²) in [6, 6.07) is 8.97. The summed E-state index contributed by atoms with van der Waals surface area (Å²) in [6.07, 6.45) is -0.443. The minimum absolute atomic E-state index is 0.0302. The second-order valence-corrected chi connectivity index (χ2v) is 5.89. The Morgan fingerprint density at radius 1 is 1.25 bits per heavy atom. The molecule has 1 fully saturated rings. The van der Waals surface area contributed by atoms with Crippen LogP contribution in [0.25, 0.3) is 0 Å². The molecule has 0 bridgehead atoms. The zero-order valence-electron chi connectivity index (χ0n) is 12.7. The Bertz CT molecular complexity index is 769. The number of benzene rings is 2. The number of β-amino-alcohol motifs (C(OH)–C–C–N with tert-alkyl or cyclic N) is 1. The van der Waals surface area contributed by atoms with Crippen LogP contribution in [0.3, 0.4) is 0 Å². The minimum atomic E-state index is -0.694. The van der Waals surface area contributed by atoms with Crippen LogP contribution in [0.1, 0.15) is 23.6 Å². The van der Waals surface area contributed by atoms with Gasteiger partial charge in [0, 0.05) is 36.3 Å². The summed E-state index contributed by atoms with van der Waals surface area (Å²) in [5.74, 6) is -1.11. The van der Waals surface area contributed by atoms with E-state index in [-0.39, 0.29) is 30.8 Å². The first-order chi connectivity index (χ1) is 11.5. The molecular formula is C17H16F2N2O3. The Morgan fingerprint density at radius 2 is 2.00 bits per heavy atom. The Hall–Kier alpha value is -2.38. The lowest BCUT2D eigenvalue weighted by Crippen LogP contribution is -2.25. The molecule has 0 aromatic heterocycles. The van der Waals surface area contributed by atoms with Crippen LogP contribution in [0.5, 0.6) is 0 Å². The molecule has 1 aliphatic heterocycles. The summed E-state index contributed by atoms with van der Waals surface area (Å²) in [5.41, 5.74) is 0.598. The second kappa shape index (κ2) is 6.62. The molecule has 0 aliphatic carbocycles. The van der Waals surface area contributed by atoms with Crippen LogP contribution in [0.15, 0.2) is 42.5 Å². The van der Waals surface area contributed by atoms with Crippen LogP contribution in [0, 0.1) is 21.7 Å². The van der Waals surface area contributed by atoms with E-state index in [9.17, 15) is 24.0 Å². The SMILES string of the molecule is O=[N+]([O-])c1ccccc1CN1CC(O)CC1c1cc(F)ccc1F. The normalized spacial score (nSPS) is 21.1. The van der Waals surface area contributed by atoms with Gasteiger partial charge in [-0.15, -0.1) is 0 Å². The fraction of sp³-hybridized carbons (Fsp3) is 0.294. The number of hydrogen-bond donors (Lipinski definition) is 1. The molecule has 24 heavy (non-hydrogen) atoms. The molecule has 2 aromatic rings. The number of para-hydroxylation sites is 1. The second-order valence-electron chi connectivity index (χ2n) is 5.89. The summed E-state index contributed by atoms with van der Waals surface area (Å²) >= 11 is 0. The highest BCUT2D eigenvalue weighted by atomic mass is 19.1. The third kappa shape index (κ3) is 3.27. The number of aliphatic hydroxyl groups excluding tert-OH is 1. The smallest absolute Gasteiger partial charge is 0.273 e. The summed E-state index contributed by atoms with van der Waals surface area (Å²) in [5, 5.41) is 21.1. The van der Waals surface area contributed by atoms with Crippen molar-refractivity contribution in [1.82, 2.24) is 4.90 Å². The van der Waals surface area contributed by atoms with E-state index in [0.717, 1.165) is 18.2 Å². The first kappa shape index (κ1) is 16.5. The molecule has 0 radical (unpaired) electrons. The lowest BCUT2D eigenvalue weighted by molar-refractivity contribution is -0.385. The van der Waals surface area contributed by atoms with Gasteiger partial charge in [0.1, 0.15) is 11.6 Å².